The molecule has 3 aromatic rings. The van der Waals surface area contributed by atoms with Gasteiger partial charge in [-0.1, -0.05) is 35.9 Å². The molecule has 0 aliphatic rings. The lowest BCUT2D eigenvalue weighted by molar-refractivity contribution is 0.471. The van der Waals surface area contributed by atoms with E-state index in [0.29, 0.717) is 27.2 Å². The minimum Gasteiger partial charge on any atom is -0.503 e. The van der Waals surface area contributed by atoms with Crippen molar-refractivity contribution in [2.24, 2.45) is 0 Å². The van der Waals surface area contributed by atoms with Gasteiger partial charge in [0.25, 0.3) is 0 Å². The second kappa shape index (κ2) is 4.44. The number of para-hydroxylation sites is 1. The van der Waals surface area contributed by atoms with Crippen LogP contribution in [0.4, 0.5) is 0 Å². The van der Waals surface area contributed by atoms with Crippen molar-refractivity contribution in [2.75, 3.05) is 0 Å². The molecule has 19 heavy (non-hydrogen) atoms. The summed E-state index contributed by atoms with van der Waals surface area (Å²) < 4.78 is 0. The standard InChI is InChI=1S/C15H10ClNO2/c16-10-7-5-9(6-8-10)13-15(19)14(18)11-3-1-2-4-12(11)17-13/h1-8,19H,(H,17,18). The Balaban J connectivity index is 2.33. The van der Waals surface area contributed by atoms with Gasteiger partial charge >= 0.3 is 0 Å². The van der Waals surface area contributed by atoms with Crippen LogP contribution in [0.2, 0.25) is 5.02 Å². The molecule has 0 amide bonds. The Kier molecular flexibility index (Phi) is 2.76. The van der Waals surface area contributed by atoms with Crippen molar-refractivity contribution in [1.29, 1.82) is 0 Å². The Morgan fingerprint density at radius 1 is 1.00 bits per heavy atom. The van der Waals surface area contributed by atoms with Crippen molar-refractivity contribution in [3.05, 3.63) is 63.8 Å². The summed E-state index contributed by atoms with van der Waals surface area (Å²) in [5, 5.41) is 11.1. The maximum Gasteiger partial charge on any atom is 0.231 e. The lowest BCUT2D eigenvalue weighted by Crippen LogP contribution is -2.04. The van der Waals surface area contributed by atoms with E-state index in [1.807, 2.05) is 6.07 Å². The molecule has 0 aliphatic heterocycles. The summed E-state index contributed by atoms with van der Waals surface area (Å²) in [6.45, 7) is 0. The zero-order valence-electron chi connectivity index (χ0n) is 9.85. The minimum absolute atomic E-state index is 0.277. The van der Waals surface area contributed by atoms with E-state index < -0.39 is 0 Å². The molecule has 2 aromatic carbocycles. The highest BCUT2D eigenvalue weighted by atomic mass is 35.5. The van der Waals surface area contributed by atoms with Gasteiger partial charge in [-0.25, -0.2) is 0 Å². The van der Waals surface area contributed by atoms with E-state index in [0.717, 1.165) is 0 Å². The van der Waals surface area contributed by atoms with Crippen LogP contribution in [-0.2, 0) is 0 Å². The predicted molar refractivity (Wildman–Crippen MR) is 76.7 cm³/mol. The van der Waals surface area contributed by atoms with Crippen LogP contribution in [0.5, 0.6) is 5.75 Å². The first kappa shape index (κ1) is 11.8. The van der Waals surface area contributed by atoms with Gasteiger partial charge in [0.05, 0.1) is 5.69 Å². The van der Waals surface area contributed by atoms with Crippen molar-refractivity contribution in [1.82, 2.24) is 4.98 Å². The molecule has 0 atom stereocenters. The van der Waals surface area contributed by atoms with Gasteiger partial charge < -0.3 is 10.1 Å². The van der Waals surface area contributed by atoms with E-state index in [9.17, 15) is 9.90 Å². The average Bonchev–Trinajstić information content (AvgIpc) is 2.44. The normalized spacial score (nSPS) is 10.8. The van der Waals surface area contributed by atoms with Gasteiger partial charge in [-0.3, -0.25) is 4.79 Å². The highest BCUT2D eigenvalue weighted by molar-refractivity contribution is 6.30. The zero-order valence-corrected chi connectivity index (χ0v) is 10.6. The molecule has 0 aliphatic carbocycles. The molecular formula is C15H10ClNO2. The number of hydrogen-bond acceptors (Lipinski definition) is 2. The Morgan fingerprint density at radius 3 is 2.42 bits per heavy atom. The summed E-state index contributed by atoms with van der Waals surface area (Å²) >= 11 is 5.83. The van der Waals surface area contributed by atoms with Crippen LogP contribution >= 0.6 is 11.6 Å². The number of aromatic hydroxyl groups is 1. The molecule has 4 heteroatoms. The number of hydrogen-bond donors (Lipinski definition) is 2. The Hall–Kier alpha value is -2.26. The van der Waals surface area contributed by atoms with Gasteiger partial charge in [-0.15, -0.1) is 0 Å². The monoisotopic (exact) mass is 271 g/mol. The van der Waals surface area contributed by atoms with Crippen molar-refractivity contribution >= 4 is 22.5 Å². The predicted octanol–water partition coefficient (Wildman–Crippen LogP) is 3.55. The number of rotatable bonds is 1. The van der Waals surface area contributed by atoms with Crippen LogP contribution in [0.25, 0.3) is 22.2 Å². The van der Waals surface area contributed by atoms with E-state index in [1.165, 1.54) is 0 Å². The van der Waals surface area contributed by atoms with Gasteiger partial charge in [0.1, 0.15) is 0 Å². The number of H-pyrrole nitrogens is 1. The third kappa shape index (κ3) is 1.98. The first-order chi connectivity index (χ1) is 9.16. The Morgan fingerprint density at radius 2 is 1.68 bits per heavy atom. The average molecular weight is 272 g/mol. The van der Waals surface area contributed by atoms with E-state index in [4.69, 9.17) is 11.6 Å². The molecule has 0 saturated heterocycles. The lowest BCUT2D eigenvalue weighted by Gasteiger charge is -2.07. The minimum atomic E-state index is -0.376. The Labute approximate surface area is 114 Å². The fourth-order valence-corrected chi connectivity index (χ4v) is 2.18. The van der Waals surface area contributed by atoms with Gasteiger partial charge in [-0.2, -0.15) is 0 Å². The molecule has 3 nitrogen and oxygen atoms in total. The number of nitrogens with one attached hydrogen (secondary N) is 1. The topological polar surface area (TPSA) is 53.1 Å². The fourth-order valence-electron chi connectivity index (χ4n) is 2.05. The number of fused-ring (bicyclic) bond motifs is 1. The highest BCUT2D eigenvalue weighted by Gasteiger charge is 2.11. The molecule has 0 fully saturated rings. The molecule has 94 valence electrons. The first-order valence-electron chi connectivity index (χ1n) is 5.77. The van der Waals surface area contributed by atoms with Crippen molar-refractivity contribution in [3.63, 3.8) is 0 Å². The number of aromatic nitrogens is 1. The van der Waals surface area contributed by atoms with E-state index in [-0.39, 0.29) is 11.2 Å². The van der Waals surface area contributed by atoms with Gasteiger partial charge in [0.2, 0.25) is 5.43 Å². The SMILES string of the molecule is O=c1c(O)c(-c2ccc(Cl)cc2)[nH]c2ccccc12. The van der Waals surface area contributed by atoms with Gasteiger partial charge in [0, 0.05) is 21.5 Å². The molecule has 1 heterocycles. The largest absolute Gasteiger partial charge is 0.503 e. The Bertz CT molecular complexity index is 806. The molecule has 1 aromatic heterocycles. The van der Waals surface area contributed by atoms with Crippen LogP contribution in [0, 0.1) is 0 Å². The summed E-state index contributed by atoms with van der Waals surface area (Å²) in [5.41, 5.74) is 1.43. The van der Waals surface area contributed by atoms with E-state index in [1.54, 1.807) is 42.5 Å². The number of pyridine rings is 1. The third-order valence-electron chi connectivity index (χ3n) is 3.02. The van der Waals surface area contributed by atoms with Crippen molar-refractivity contribution in [2.45, 2.75) is 0 Å². The number of halogens is 1. The quantitative estimate of drug-likeness (QED) is 0.711. The summed E-state index contributed by atoms with van der Waals surface area (Å²) in [7, 11) is 0. The third-order valence-corrected chi connectivity index (χ3v) is 3.27. The summed E-state index contributed by atoms with van der Waals surface area (Å²) in [5.74, 6) is -0.277. The van der Waals surface area contributed by atoms with Crippen molar-refractivity contribution in [3.8, 4) is 17.0 Å². The van der Waals surface area contributed by atoms with Crippen LogP contribution in [0.15, 0.2) is 53.3 Å². The second-order valence-corrected chi connectivity index (χ2v) is 4.67. The first-order valence-corrected chi connectivity index (χ1v) is 6.14. The molecule has 0 spiro atoms. The van der Waals surface area contributed by atoms with Crippen LogP contribution in [0.1, 0.15) is 0 Å². The zero-order chi connectivity index (χ0) is 13.4. The van der Waals surface area contributed by atoms with Gasteiger partial charge in [0.15, 0.2) is 5.75 Å². The smallest absolute Gasteiger partial charge is 0.231 e. The van der Waals surface area contributed by atoms with Crippen LogP contribution in [0.3, 0.4) is 0 Å². The molecule has 3 rings (SSSR count). The lowest BCUT2D eigenvalue weighted by atomic mass is 10.1. The van der Waals surface area contributed by atoms with E-state index in [2.05, 4.69) is 4.98 Å². The molecule has 0 radical (unpaired) electrons. The summed E-state index contributed by atoms with van der Waals surface area (Å²) in [6.07, 6.45) is 0. The fraction of sp³-hybridized carbons (Fsp3) is 0. The maximum atomic E-state index is 12.1. The second-order valence-electron chi connectivity index (χ2n) is 4.23. The van der Waals surface area contributed by atoms with Crippen LogP contribution in [-0.4, -0.2) is 10.1 Å². The molecular weight excluding hydrogens is 262 g/mol. The van der Waals surface area contributed by atoms with E-state index >= 15 is 0 Å². The molecule has 0 bridgehead atoms. The highest BCUT2D eigenvalue weighted by Crippen LogP contribution is 2.27. The van der Waals surface area contributed by atoms with Gasteiger partial charge in [-0.05, 0) is 24.3 Å². The molecule has 0 unspecified atom stereocenters. The molecule has 2 N–H and O–H groups in total. The number of aromatic amines is 1. The molecule has 0 saturated carbocycles. The summed E-state index contributed by atoms with van der Waals surface area (Å²) in [4.78, 5) is 15.2. The van der Waals surface area contributed by atoms with Crippen LogP contribution < -0.4 is 5.43 Å². The van der Waals surface area contributed by atoms with Crippen molar-refractivity contribution < 1.29 is 5.11 Å². The maximum absolute atomic E-state index is 12.1. The summed E-state index contributed by atoms with van der Waals surface area (Å²) in [6, 6.07) is 14.0. The number of benzene rings is 2.